The number of urea groups is 1. The van der Waals surface area contributed by atoms with Crippen LogP contribution in [0.25, 0.3) is 0 Å². The number of carboxylic acids is 1. The number of nitrogens with one attached hydrogen (secondary N) is 2. The van der Waals surface area contributed by atoms with E-state index in [1.807, 2.05) is 6.07 Å². The number of aromatic nitrogens is 2. The van der Waals surface area contributed by atoms with Crippen molar-refractivity contribution in [3.05, 3.63) is 41.2 Å². The number of hydrogen-bond acceptors (Lipinski definition) is 8. The van der Waals surface area contributed by atoms with E-state index >= 15 is 0 Å². The van der Waals surface area contributed by atoms with E-state index < -0.39 is 17.4 Å². The van der Waals surface area contributed by atoms with Crippen LogP contribution in [0.5, 0.6) is 0 Å². The fourth-order valence-electron chi connectivity index (χ4n) is 4.17. The Labute approximate surface area is 183 Å². The highest BCUT2D eigenvalue weighted by Crippen LogP contribution is 2.54. The summed E-state index contributed by atoms with van der Waals surface area (Å²) in [6.45, 7) is 0.886. The molecule has 5 rings (SSSR count). The number of hydrogen-bond donors (Lipinski definition) is 3. The van der Waals surface area contributed by atoms with Crippen LogP contribution < -0.4 is 15.5 Å². The molecule has 3 aliphatic rings. The molecule has 2 bridgehead atoms. The summed E-state index contributed by atoms with van der Waals surface area (Å²) in [4.78, 5) is 46.0. The second kappa shape index (κ2) is 8.24. The van der Waals surface area contributed by atoms with Crippen LogP contribution in [-0.2, 0) is 14.9 Å². The van der Waals surface area contributed by atoms with Crippen molar-refractivity contribution in [1.82, 2.24) is 9.97 Å². The smallest absolute Gasteiger partial charge is 0.328 e. The molecular formula is C21H20N6O5. The highest BCUT2D eigenvalue weighted by atomic mass is 16.5. The number of carbonyl (C=O) groups is 3. The number of pyridine rings is 2. The highest BCUT2D eigenvalue weighted by molar-refractivity contribution is 6.05. The van der Waals surface area contributed by atoms with Crippen LogP contribution in [0.15, 0.2) is 24.4 Å². The van der Waals surface area contributed by atoms with E-state index in [2.05, 4.69) is 20.6 Å². The van der Waals surface area contributed by atoms with E-state index in [0.29, 0.717) is 36.3 Å². The van der Waals surface area contributed by atoms with Crippen LogP contribution in [0, 0.1) is 11.3 Å². The third kappa shape index (κ3) is 3.40. The van der Waals surface area contributed by atoms with Crippen molar-refractivity contribution in [2.24, 2.45) is 0 Å². The van der Waals surface area contributed by atoms with E-state index in [4.69, 9.17) is 4.74 Å². The monoisotopic (exact) mass is 436 g/mol. The molecule has 4 heterocycles. The van der Waals surface area contributed by atoms with Crippen LogP contribution in [0.2, 0.25) is 0 Å². The number of carboxylic acid groups (broad SMARTS) is 1. The lowest BCUT2D eigenvalue weighted by molar-refractivity contribution is -0.148. The summed E-state index contributed by atoms with van der Waals surface area (Å²) >= 11 is 0. The van der Waals surface area contributed by atoms with E-state index in [-0.39, 0.29) is 36.2 Å². The molecule has 11 nitrogen and oxygen atoms in total. The Balaban J connectivity index is 1.63. The first-order valence-electron chi connectivity index (χ1n) is 9.87. The molecule has 1 aliphatic carbocycles. The molecule has 0 atom stereocenters. The van der Waals surface area contributed by atoms with Gasteiger partial charge in [0.1, 0.15) is 28.8 Å². The Kier molecular flexibility index (Phi) is 5.46. The van der Waals surface area contributed by atoms with Gasteiger partial charge < -0.3 is 15.2 Å². The van der Waals surface area contributed by atoms with Gasteiger partial charge in [0.05, 0.1) is 17.9 Å². The van der Waals surface area contributed by atoms with Crippen molar-refractivity contribution < 1.29 is 24.2 Å². The minimum atomic E-state index is -1.10. The van der Waals surface area contributed by atoms with Gasteiger partial charge in [0.2, 0.25) is 0 Å². The minimum Gasteiger partial charge on any atom is -0.481 e. The van der Waals surface area contributed by atoms with Gasteiger partial charge in [-0.25, -0.2) is 14.8 Å². The molecular weight excluding hydrogens is 416 g/mol. The molecule has 2 amide bonds. The molecule has 1 saturated carbocycles. The maximum absolute atomic E-state index is 13.2. The lowest BCUT2D eigenvalue weighted by Crippen LogP contribution is -2.64. The predicted octanol–water partition coefficient (Wildman–Crippen LogP) is 1.76. The van der Waals surface area contributed by atoms with Gasteiger partial charge in [0, 0.05) is 37.5 Å². The fraction of sp³-hybridized carbons (Fsp3) is 0.333. The van der Waals surface area contributed by atoms with Crippen LogP contribution >= 0.6 is 0 Å². The third-order valence-electron chi connectivity index (χ3n) is 5.80. The second-order valence-corrected chi connectivity index (χ2v) is 7.62. The van der Waals surface area contributed by atoms with Crippen molar-refractivity contribution >= 4 is 35.6 Å². The van der Waals surface area contributed by atoms with Crippen LogP contribution in [-0.4, -0.2) is 59.7 Å². The predicted molar refractivity (Wildman–Crippen MR) is 113 cm³/mol. The van der Waals surface area contributed by atoms with E-state index in [9.17, 15) is 24.8 Å². The van der Waals surface area contributed by atoms with E-state index in [0.717, 1.165) is 0 Å². The van der Waals surface area contributed by atoms with Gasteiger partial charge >= 0.3 is 12.0 Å². The molecule has 164 valence electrons. The number of anilines is 3. The number of nitrogens with zero attached hydrogens (tertiary/aromatic N) is 4. The topological polar surface area (TPSA) is 158 Å². The van der Waals surface area contributed by atoms with Crippen molar-refractivity contribution in [2.75, 3.05) is 35.8 Å². The number of aldehydes is 1. The quantitative estimate of drug-likeness (QED) is 0.434. The maximum Gasteiger partial charge on any atom is 0.328 e. The molecule has 0 saturated heterocycles. The second-order valence-electron chi connectivity index (χ2n) is 7.62. The number of methoxy groups -OCH3 is 1. The number of nitriles is 1. The molecule has 32 heavy (non-hydrogen) atoms. The minimum absolute atomic E-state index is 0.101. The molecule has 0 unspecified atom stereocenters. The molecule has 2 aliphatic heterocycles. The summed E-state index contributed by atoms with van der Waals surface area (Å²) in [6.07, 6.45) is 2.41. The third-order valence-corrected chi connectivity index (χ3v) is 5.80. The van der Waals surface area contributed by atoms with Gasteiger partial charge in [-0.2, -0.15) is 5.26 Å². The van der Waals surface area contributed by atoms with Gasteiger partial charge in [-0.15, -0.1) is 0 Å². The van der Waals surface area contributed by atoms with Gasteiger partial charge in [0.25, 0.3) is 0 Å². The summed E-state index contributed by atoms with van der Waals surface area (Å²) in [6, 6.07) is 5.65. The molecule has 11 heteroatoms. The van der Waals surface area contributed by atoms with Crippen LogP contribution in [0.4, 0.5) is 22.1 Å². The van der Waals surface area contributed by atoms with Crippen LogP contribution in [0.3, 0.4) is 0 Å². The van der Waals surface area contributed by atoms with Crippen molar-refractivity contribution in [3.63, 3.8) is 0 Å². The molecule has 1 fully saturated rings. The normalized spacial score (nSPS) is 20.4. The Morgan fingerprint density at radius 3 is 2.88 bits per heavy atom. The van der Waals surface area contributed by atoms with Gasteiger partial charge in [-0.1, -0.05) is 6.07 Å². The molecule has 2 aromatic heterocycles. The molecule has 0 spiro atoms. The summed E-state index contributed by atoms with van der Waals surface area (Å²) < 4.78 is 4.99. The highest BCUT2D eigenvalue weighted by Gasteiger charge is 2.60. The molecule has 0 aromatic carbocycles. The van der Waals surface area contributed by atoms with Crippen LogP contribution in [0.1, 0.15) is 34.5 Å². The van der Waals surface area contributed by atoms with Crippen molar-refractivity contribution in [3.8, 4) is 6.07 Å². The Bertz CT molecular complexity index is 1140. The van der Waals surface area contributed by atoms with E-state index in [1.54, 1.807) is 13.2 Å². The first kappa shape index (κ1) is 21.2. The van der Waals surface area contributed by atoms with Crippen molar-refractivity contribution in [2.45, 2.75) is 24.3 Å². The van der Waals surface area contributed by atoms with Crippen molar-refractivity contribution in [1.29, 1.82) is 5.26 Å². The largest absolute Gasteiger partial charge is 0.481 e. The van der Waals surface area contributed by atoms with Gasteiger partial charge in [-0.3, -0.25) is 19.8 Å². The Morgan fingerprint density at radius 1 is 1.44 bits per heavy atom. The average molecular weight is 436 g/mol. The van der Waals surface area contributed by atoms with E-state index in [1.165, 1.54) is 23.2 Å². The first-order chi connectivity index (χ1) is 15.4. The number of amides is 2. The lowest BCUT2D eigenvalue weighted by atomic mass is 9.58. The Morgan fingerprint density at radius 2 is 2.22 bits per heavy atom. The standard InChI is InChI=1S/C21H20N6O5/c1-32-5-4-23-16-6-17(24-10-12(16)9-22)26-20(31)27-14-7-21(8-14,19(29)30)15-3-2-13(11-28)25-18(15)27/h2-3,6,10-11,14H,4-5,7-8H2,1H3,(H,29,30)(H2,23,24,26,31). The fourth-order valence-corrected chi connectivity index (χ4v) is 4.17. The Hall–Kier alpha value is -4.04. The number of rotatable bonds is 7. The zero-order valence-corrected chi connectivity index (χ0v) is 17.2. The summed E-state index contributed by atoms with van der Waals surface area (Å²) in [5.41, 5.74) is 0.206. The maximum atomic E-state index is 13.2. The van der Waals surface area contributed by atoms with Gasteiger partial charge in [0.15, 0.2) is 6.29 Å². The number of ether oxygens (including phenoxy) is 1. The summed E-state index contributed by atoms with van der Waals surface area (Å²) in [7, 11) is 1.56. The molecule has 0 radical (unpaired) electrons. The lowest BCUT2D eigenvalue weighted by Gasteiger charge is -2.54. The zero-order valence-electron chi connectivity index (χ0n) is 17.2. The SMILES string of the molecule is COCCNc1cc(NC(=O)N2c3nc(C=O)ccc3C3(C(=O)O)CC2C3)ncc1C#N. The zero-order chi connectivity index (χ0) is 22.9. The summed E-state index contributed by atoms with van der Waals surface area (Å²) in [5.74, 6) is -0.614. The first-order valence-corrected chi connectivity index (χ1v) is 9.87. The number of carbonyl (C=O) groups excluding carboxylic acids is 2. The molecule has 3 N–H and O–H groups in total. The molecule has 2 aromatic rings. The number of aliphatic carboxylic acids is 1. The van der Waals surface area contributed by atoms with Gasteiger partial charge in [-0.05, 0) is 18.9 Å². The summed E-state index contributed by atoms with van der Waals surface area (Å²) in [5, 5.41) is 24.8. The average Bonchev–Trinajstić information content (AvgIpc) is 2.77.